The van der Waals surface area contributed by atoms with E-state index in [1.165, 1.54) is 45.3 Å². The summed E-state index contributed by atoms with van der Waals surface area (Å²) in [5.74, 6) is 0. The molecule has 0 saturated carbocycles. The summed E-state index contributed by atoms with van der Waals surface area (Å²) in [4.78, 5) is 5.30. The smallest absolute Gasteiger partial charge is 0.0620 e. The first kappa shape index (κ1) is 12.9. The quantitative estimate of drug-likeness (QED) is 0.794. The molecule has 1 N–H and O–H groups in total. The molecule has 0 radical (unpaired) electrons. The second kappa shape index (κ2) is 5.87. The zero-order chi connectivity index (χ0) is 12.4. The van der Waals surface area contributed by atoms with Crippen molar-refractivity contribution < 1.29 is 4.74 Å². The van der Waals surface area contributed by atoms with Gasteiger partial charge in [-0.15, -0.1) is 0 Å². The summed E-state index contributed by atoms with van der Waals surface area (Å²) in [7, 11) is 2.32. The molecule has 104 valence electrons. The van der Waals surface area contributed by atoms with Crippen LogP contribution in [0.1, 0.15) is 25.7 Å². The number of morpholine rings is 1. The lowest BCUT2D eigenvalue weighted by Crippen LogP contribution is -2.44. The minimum absolute atomic E-state index is 0.580. The van der Waals surface area contributed by atoms with E-state index in [1.807, 2.05) is 0 Å². The van der Waals surface area contributed by atoms with E-state index in [9.17, 15) is 0 Å². The van der Waals surface area contributed by atoms with Gasteiger partial charge < -0.3 is 15.0 Å². The fraction of sp³-hybridized carbons (Fsp3) is 1.00. The predicted octanol–water partition coefficient (Wildman–Crippen LogP) is 0.533. The molecule has 4 heteroatoms. The van der Waals surface area contributed by atoms with Crippen LogP contribution in [-0.4, -0.2) is 74.4 Å². The standard InChI is InChI=1S/C14H27N3O/c1-16-13-2-3-14(16)10-17(8-5-13)7-4-12-11-18-9-6-15-12/h12-15H,2-11H2,1H3. The molecule has 3 aliphatic heterocycles. The summed E-state index contributed by atoms with van der Waals surface area (Å²) in [6, 6.07) is 2.25. The van der Waals surface area contributed by atoms with Gasteiger partial charge in [0.2, 0.25) is 0 Å². The molecule has 4 nitrogen and oxygen atoms in total. The number of ether oxygens (including phenoxy) is 1. The maximum absolute atomic E-state index is 5.52. The highest BCUT2D eigenvalue weighted by Gasteiger charge is 2.34. The van der Waals surface area contributed by atoms with Crippen molar-refractivity contribution in [2.24, 2.45) is 0 Å². The average molecular weight is 253 g/mol. The van der Waals surface area contributed by atoms with Gasteiger partial charge in [0.05, 0.1) is 13.2 Å². The minimum atomic E-state index is 0.580. The fourth-order valence-corrected chi connectivity index (χ4v) is 3.73. The molecule has 0 amide bonds. The van der Waals surface area contributed by atoms with Crippen LogP contribution >= 0.6 is 0 Å². The topological polar surface area (TPSA) is 27.7 Å². The molecule has 0 aromatic heterocycles. The van der Waals surface area contributed by atoms with Crippen LogP contribution in [0, 0.1) is 0 Å². The molecule has 3 heterocycles. The van der Waals surface area contributed by atoms with Crippen molar-refractivity contribution >= 4 is 0 Å². The van der Waals surface area contributed by atoms with Gasteiger partial charge in [-0.2, -0.15) is 0 Å². The Hall–Kier alpha value is -0.160. The maximum Gasteiger partial charge on any atom is 0.0620 e. The molecular formula is C14H27N3O. The SMILES string of the molecule is CN1C2CCC1CN(CCC1COCCN1)CC2. The number of fused-ring (bicyclic) bond motifs is 2. The van der Waals surface area contributed by atoms with Crippen LogP contribution in [0.3, 0.4) is 0 Å². The van der Waals surface area contributed by atoms with E-state index in [0.29, 0.717) is 6.04 Å². The Kier molecular flexibility index (Phi) is 4.19. The predicted molar refractivity (Wildman–Crippen MR) is 72.9 cm³/mol. The number of likely N-dealkylation sites (N-methyl/N-ethyl adjacent to an activating group) is 1. The molecular weight excluding hydrogens is 226 g/mol. The third kappa shape index (κ3) is 2.87. The second-order valence-electron chi connectivity index (χ2n) is 6.15. The van der Waals surface area contributed by atoms with Crippen LogP contribution in [0.4, 0.5) is 0 Å². The zero-order valence-corrected chi connectivity index (χ0v) is 11.6. The van der Waals surface area contributed by atoms with Crippen molar-refractivity contribution in [3.63, 3.8) is 0 Å². The molecule has 3 atom stereocenters. The number of nitrogens with zero attached hydrogens (tertiary/aromatic N) is 2. The summed E-state index contributed by atoms with van der Waals surface area (Å²) >= 11 is 0. The van der Waals surface area contributed by atoms with Crippen LogP contribution in [0.5, 0.6) is 0 Å². The maximum atomic E-state index is 5.52. The molecule has 3 fully saturated rings. The zero-order valence-electron chi connectivity index (χ0n) is 11.6. The summed E-state index contributed by atoms with van der Waals surface area (Å²) in [5, 5.41) is 3.55. The molecule has 0 aliphatic carbocycles. The van der Waals surface area contributed by atoms with Crippen molar-refractivity contribution in [3.05, 3.63) is 0 Å². The van der Waals surface area contributed by atoms with Gasteiger partial charge >= 0.3 is 0 Å². The highest BCUT2D eigenvalue weighted by atomic mass is 16.5. The Morgan fingerprint density at radius 1 is 1.22 bits per heavy atom. The third-order valence-corrected chi connectivity index (χ3v) is 5.02. The van der Waals surface area contributed by atoms with Gasteiger partial charge in [-0.25, -0.2) is 0 Å². The number of hydrogen-bond donors (Lipinski definition) is 1. The van der Waals surface area contributed by atoms with E-state index >= 15 is 0 Å². The molecule has 3 unspecified atom stereocenters. The van der Waals surface area contributed by atoms with Crippen LogP contribution in [0.15, 0.2) is 0 Å². The van der Waals surface area contributed by atoms with Crippen molar-refractivity contribution in [2.75, 3.05) is 46.4 Å². The van der Waals surface area contributed by atoms with Crippen LogP contribution in [-0.2, 0) is 4.74 Å². The first-order valence-electron chi connectivity index (χ1n) is 7.58. The molecule has 0 spiro atoms. The van der Waals surface area contributed by atoms with Gasteiger partial charge in [0.15, 0.2) is 0 Å². The largest absolute Gasteiger partial charge is 0.379 e. The lowest BCUT2D eigenvalue weighted by Gasteiger charge is -2.29. The molecule has 3 rings (SSSR count). The van der Waals surface area contributed by atoms with E-state index in [-0.39, 0.29) is 0 Å². The Bertz CT molecular complexity index is 268. The molecule has 3 saturated heterocycles. The highest BCUT2D eigenvalue weighted by molar-refractivity contribution is 4.91. The normalized spacial score (nSPS) is 38.8. The Morgan fingerprint density at radius 2 is 2.11 bits per heavy atom. The number of hydrogen-bond acceptors (Lipinski definition) is 4. The van der Waals surface area contributed by atoms with Crippen molar-refractivity contribution in [2.45, 2.75) is 43.8 Å². The minimum Gasteiger partial charge on any atom is -0.379 e. The number of likely N-dealkylation sites (tertiary alicyclic amines) is 1. The summed E-state index contributed by atoms with van der Waals surface area (Å²) in [6.07, 6.45) is 5.43. The summed E-state index contributed by atoms with van der Waals surface area (Å²) in [5.41, 5.74) is 0. The second-order valence-corrected chi connectivity index (χ2v) is 6.15. The first-order chi connectivity index (χ1) is 8.83. The van der Waals surface area contributed by atoms with Crippen molar-refractivity contribution in [1.29, 1.82) is 0 Å². The lowest BCUT2D eigenvalue weighted by atomic mass is 10.1. The van der Waals surface area contributed by atoms with Gasteiger partial charge in [0.25, 0.3) is 0 Å². The van der Waals surface area contributed by atoms with Gasteiger partial charge in [0, 0.05) is 31.2 Å². The third-order valence-electron chi connectivity index (χ3n) is 5.02. The molecule has 0 aromatic carbocycles. The first-order valence-corrected chi connectivity index (χ1v) is 7.58. The van der Waals surface area contributed by atoms with Gasteiger partial charge in [-0.05, 0) is 45.8 Å². The van der Waals surface area contributed by atoms with E-state index in [0.717, 1.165) is 31.8 Å². The number of nitrogens with one attached hydrogen (secondary N) is 1. The number of rotatable bonds is 3. The van der Waals surface area contributed by atoms with Gasteiger partial charge in [-0.1, -0.05) is 0 Å². The average Bonchev–Trinajstić information content (AvgIpc) is 2.64. The monoisotopic (exact) mass is 253 g/mol. The molecule has 3 aliphatic rings. The van der Waals surface area contributed by atoms with Crippen LogP contribution < -0.4 is 5.32 Å². The lowest BCUT2D eigenvalue weighted by molar-refractivity contribution is 0.0694. The Labute approximate surface area is 111 Å². The Morgan fingerprint density at radius 3 is 2.94 bits per heavy atom. The fourth-order valence-electron chi connectivity index (χ4n) is 3.73. The van der Waals surface area contributed by atoms with Gasteiger partial charge in [0.1, 0.15) is 0 Å². The highest BCUT2D eigenvalue weighted by Crippen LogP contribution is 2.28. The molecule has 2 bridgehead atoms. The van der Waals surface area contributed by atoms with E-state index in [4.69, 9.17) is 4.74 Å². The molecule has 18 heavy (non-hydrogen) atoms. The molecule has 0 aromatic rings. The summed E-state index contributed by atoms with van der Waals surface area (Å²) < 4.78 is 5.52. The Balaban J connectivity index is 1.45. The van der Waals surface area contributed by atoms with Crippen molar-refractivity contribution in [3.8, 4) is 0 Å². The van der Waals surface area contributed by atoms with Crippen LogP contribution in [0.25, 0.3) is 0 Å². The van der Waals surface area contributed by atoms with E-state index in [1.54, 1.807) is 0 Å². The van der Waals surface area contributed by atoms with Crippen molar-refractivity contribution in [1.82, 2.24) is 15.1 Å². The van der Waals surface area contributed by atoms with E-state index < -0.39 is 0 Å². The summed E-state index contributed by atoms with van der Waals surface area (Å²) in [6.45, 7) is 6.62. The van der Waals surface area contributed by atoms with Crippen LogP contribution in [0.2, 0.25) is 0 Å². The van der Waals surface area contributed by atoms with E-state index in [2.05, 4.69) is 22.2 Å². The van der Waals surface area contributed by atoms with Gasteiger partial charge in [-0.3, -0.25) is 4.90 Å².